The van der Waals surface area contributed by atoms with Crippen molar-refractivity contribution in [1.29, 1.82) is 0 Å². The van der Waals surface area contributed by atoms with E-state index in [0.29, 0.717) is 11.3 Å². The van der Waals surface area contributed by atoms with Gasteiger partial charge in [0.25, 0.3) is 0 Å². The summed E-state index contributed by atoms with van der Waals surface area (Å²) in [7, 11) is 1.73. The lowest BCUT2D eigenvalue weighted by atomic mass is 10.2. The molecule has 3 N–H and O–H groups in total. The van der Waals surface area contributed by atoms with Crippen molar-refractivity contribution in [1.82, 2.24) is 14.8 Å². The van der Waals surface area contributed by atoms with Gasteiger partial charge < -0.3 is 15.7 Å². The highest BCUT2D eigenvalue weighted by molar-refractivity contribution is 9.10. The third kappa shape index (κ3) is 2.59. The first-order chi connectivity index (χ1) is 8.60. The van der Waals surface area contributed by atoms with Crippen molar-refractivity contribution in [3.05, 3.63) is 34.6 Å². The van der Waals surface area contributed by atoms with Crippen LogP contribution in [0.3, 0.4) is 0 Å². The van der Waals surface area contributed by atoms with E-state index in [9.17, 15) is 0 Å². The first kappa shape index (κ1) is 12.4. The highest BCUT2D eigenvalue weighted by Gasteiger charge is 2.12. The maximum Gasteiger partial charge on any atom is 0.341 e. The van der Waals surface area contributed by atoms with E-state index in [-0.39, 0.29) is 11.8 Å². The van der Waals surface area contributed by atoms with Crippen molar-refractivity contribution in [2.75, 3.05) is 0 Å². The Morgan fingerprint density at radius 2 is 2.33 bits per heavy atom. The van der Waals surface area contributed by atoms with Crippen LogP contribution in [-0.2, 0) is 7.05 Å². The van der Waals surface area contributed by atoms with Gasteiger partial charge in [0, 0.05) is 11.5 Å². The zero-order chi connectivity index (χ0) is 13.1. The fraction of sp³-hybridized carbons (Fsp3) is 0.100. The Morgan fingerprint density at radius 3 is 2.94 bits per heavy atom. The van der Waals surface area contributed by atoms with Crippen molar-refractivity contribution in [3.63, 3.8) is 0 Å². The Morgan fingerprint density at radius 1 is 1.56 bits per heavy atom. The number of hydrogen-bond acceptors (Lipinski definition) is 5. The van der Waals surface area contributed by atoms with Gasteiger partial charge in [-0.3, -0.25) is 4.68 Å². The van der Waals surface area contributed by atoms with Gasteiger partial charge >= 0.3 is 6.01 Å². The minimum absolute atomic E-state index is 0.0535. The molecule has 0 fully saturated rings. The first-order valence-electron chi connectivity index (χ1n) is 4.91. The lowest BCUT2D eigenvalue weighted by Crippen LogP contribution is -2.14. The minimum atomic E-state index is -0.0535. The first-order valence-corrected chi connectivity index (χ1v) is 5.70. The monoisotopic (exact) mass is 311 g/mol. The zero-order valence-electron chi connectivity index (χ0n) is 9.41. The van der Waals surface area contributed by atoms with Crippen molar-refractivity contribution >= 4 is 21.8 Å². The zero-order valence-corrected chi connectivity index (χ0v) is 11.0. The summed E-state index contributed by atoms with van der Waals surface area (Å²) in [6, 6.07) is 5.31. The van der Waals surface area contributed by atoms with Crippen molar-refractivity contribution in [3.8, 4) is 11.8 Å². The third-order valence-electron chi connectivity index (χ3n) is 2.11. The molecule has 0 bridgehead atoms. The standard InChI is InChI=1S/C10H10BrN5O2/c1-16-5-13-10(14-16)18-8-3-2-6(11)4-7(8)9(12)15-17/h2-5,17H,1H3,(H2,12,15). The molecule has 18 heavy (non-hydrogen) atoms. The number of oxime groups is 1. The molecule has 0 aliphatic carbocycles. The van der Waals surface area contributed by atoms with Crippen LogP contribution in [0.5, 0.6) is 11.8 Å². The molecule has 2 aromatic rings. The Hall–Kier alpha value is -2.09. The number of aromatic nitrogens is 3. The molecule has 0 radical (unpaired) electrons. The number of ether oxygens (including phenoxy) is 1. The predicted molar refractivity (Wildman–Crippen MR) is 67.7 cm³/mol. The van der Waals surface area contributed by atoms with E-state index >= 15 is 0 Å². The highest BCUT2D eigenvalue weighted by Crippen LogP contribution is 2.26. The maximum atomic E-state index is 8.73. The number of nitrogens with two attached hydrogens (primary N) is 1. The fourth-order valence-corrected chi connectivity index (χ4v) is 1.67. The molecule has 1 aromatic heterocycles. The van der Waals surface area contributed by atoms with Gasteiger partial charge in [0.1, 0.15) is 12.1 Å². The molecular formula is C10H10BrN5O2. The van der Waals surface area contributed by atoms with E-state index in [4.69, 9.17) is 15.7 Å². The summed E-state index contributed by atoms with van der Waals surface area (Å²) in [6.45, 7) is 0. The van der Waals surface area contributed by atoms with Crippen LogP contribution in [0, 0.1) is 0 Å². The maximum absolute atomic E-state index is 8.73. The molecule has 7 nitrogen and oxygen atoms in total. The molecule has 2 rings (SSSR count). The van der Waals surface area contributed by atoms with Crippen molar-refractivity contribution in [2.24, 2.45) is 17.9 Å². The van der Waals surface area contributed by atoms with Crippen LogP contribution in [0.4, 0.5) is 0 Å². The van der Waals surface area contributed by atoms with Gasteiger partial charge in [-0.15, -0.1) is 5.10 Å². The largest absolute Gasteiger partial charge is 0.422 e. The number of amidine groups is 1. The molecule has 0 unspecified atom stereocenters. The topological polar surface area (TPSA) is 98.6 Å². The molecule has 0 atom stereocenters. The second kappa shape index (κ2) is 5.05. The lowest BCUT2D eigenvalue weighted by molar-refractivity contribution is 0.318. The van der Waals surface area contributed by atoms with Crippen LogP contribution in [0.2, 0.25) is 0 Å². The Labute approximate surface area is 111 Å². The third-order valence-corrected chi connectivity index (χ3v) is 2.60. The summed E-state index contributed by atoms with van der Waals surface area (Å²) in [5.41, 5.74) is 6.02. The minimum Gasteiger partial charge on any atom is -0.422 e. The van der Waals surface area contributed by atoms with E-state index < -0.39 is 0 Å². The van der Waals surface area contributed by atoms with Gasteiger partial charge in [0.15, 0.2) is 5.84 Å². The van der Waals surface area contributed by atoms with Crippen LogP contribution in [0.1, 0.15) is 5.56 Å². The van der Waals surface area contributed by atoms with Crippen molar-refractivity contribution < 1.29 is 9.94 Å². The number of nitrogens with zero attached hydrogens (tertiary/aromatic N) is 4. The van der Waals surface area contributed by atoms with E-state index in [0.717, 1.165) is 4.47 Å². The Kier molecular flexibility index (Phi) is 3.47. The number of rotatable bonds is 3. The summed E-state index contributed by atoms with van der Waals surface area (Å²) in [5, 5.41) is 15.7. The number of benzene rings is 1. The molecule has 94 valence electrons. The van der Waals surface area contributed by atoms with Crippen molar-refractivity contribution in [2.45, 2.75) is 0 Å². The molecular weight excluding hydrogens is 302 g/mol. The van der Waals surface area contributed by atoms with Gasteiger partial charge in [-0.25, -0.2) is 0 Å². The average molecular weight is 312 g/mol. The summed E-state index contributed by atoms with van der Waals surface area (Å²) >= 11 is 3.30. The molecule has 0 saturated heterocycles. The second-order valence-electron chi connectivity index (χ2n) is 3.43. The fourth-order valence-electron chi connectivity index (χ4n) is 1.31. The number of halogens is 1. The SMILES string of the molecule is Cn1cnc(Oc2ccc(Br)cc2/C(N)=N/O)n1. The summed E-state index contributed by atoms with van der Waals surface area (Å²) in [6.07, 6.45) is 1.51. The van der Waals surface area contributed by atoms with E-state index in [1.807, 2.05) is 0 Å². The normalized spacial score (nSPS) is 11.6. The number of hydrogen-bond donors (Lipinski definition) is 2. The molecule has 0 amide bonds. The summed E-state index contributed by atoms with van der Waals surface area (Å²) in [5.74, 6) is 0.349. The predicted octanol–water partition coefficient (Wildman–Crippen LogP) is 1.46. The van der Waals surface area contributed by atoms with E-state index in [2.05, 4.69) is 31.2 Å². The van der Waals surface area contributed by atoms with Crippen LogP contribution in [-0.4, -0.2) is 25.8 Å². The molecule has 0 saturated carbocycles. The molecule has 1 aromatic carbocycles. The summed E-state index contributed by atoms with van der Waals surface area (Å²) in [4.78, 5) is 3.93. The van der Waals surface area contributed by atoms with E-state index in [1.165, 1.54) is 11.0 Å². The number of aryl methyl sites for hydroxylation is 1. The van der Waals surface area contributed by atoms with Gasteiger partial charge in [-0.2, -0.15) is 4.98 Å². The van der Waals surface area contributed by atoms with Crippen LogP contribution in [0.15, 0.2) is 34.2 Å². The molecule has 1 heterocycles. The molecule has 0 aliphatic heterocycles. The van der Waals surface area contributed by atoms with Gasteiger partial charge in [0.2, 0.25) is 0 Å². The van der Waals surface area contributed by atoms with Gasteiger partial charge in [0.05, 0.1) is 5.56 Å². The van der Waals surface area contributed by atoms with E-state index in [1.54, 1.807) is 25.2 Å². The quantitative estimate of drug-likeness (QED) is 0.387. The van der Waals surface area contributed by atoms with Gasteiger partial charge in [-0.1, -0.05) is 21.1 Å². The van der Waals surface area contributed by atoms with Gasteiger partial charge in [-0.05, 0) is 18.2 Å². The lowest BCUT2D eigenvalue weighted by Gasteiger charge is -2.07. The molecule has 0 spiro atoms. The summed E-state index contributed by atoms with van der Waals surface area (Å²) < 4.78 is 7.77. The van der Waals surface area contributed by atoms with Crippen LogP contribution >= 0.6 is 15.9 Å². The Bertz CT molecular complexity index is 596. The molecule has 8 heteroatoms. The van der Waals surface area contributed by atoms with Crippen LogP contribution < -0.4 is 10.5 Å². The molecule has 0 aliphatic rings. The Balaban J connectivity index is 2.38. The average Bonchev–Trinajstić information content (AvgIpc) is 2.76. The highest BCUT2D eigenvalue weighted by atomic mass is 79.9. The van der Waals surface area contributed by atoms with Crippen LogP contribution in [0.25, 0.3) is 0 Å². The smallest absolute Gasteiger partial charge is 0.341 e. The second-order valence-corrected chi connectivity index (χ2v) is 4.34.